The summed E-state index contributed by atoms with van der Waals surface area (Å²) in [6.07, 6.45) is 14.5. The average Bonchev–Trinajstić information content (AvgIpc) is 2.83. The van der Waals surface area contributed by atoms with Gasteiger partial charge in [-0.1, -0.05) is 32.1 Å². The lowest BCUT2D eigenvalue weighted by molar-refractivity contribution is 0.375. The van der Waals surface area contributed by atoms with E-state index in [0.29, 0.717) is 0 Å². The molecule has 0 unspecified atom stereocenters. The summed E-state index contributed by atoms with van der Waals surface area (Å²) in [5, 5.41) is 4.74. The maximum atomic E-state index is 3.73. The fraction of sp³-hybridized carbons (Fsp3) is 1.00. The highest BCUT2D eigenvalue weighted by Crippen LogP contribution is 2.29. The van der Waals surface area contributed by atoms with Crippen LogP contribution in [0, 0.1) is 0 Å². The molecule has 0 heterocycles. The molecular formula is C14H27NS. The van der Waals surface area contributed by atoms with Gasteiger partial charge in [-0.3, -0.25) is 0 Å². The smallest absolute Gasteiger partial charge is 0.00670 e. The Bertz CT molecular complexity index is 172. The van der Waals surface area contributed by atoms with Crippen molar-refractivity contribution in [1.82, 2.24) is 5.32 Å². The second kappa shape index (κ2) is 7.60. The molecule has 0 aromatic carbocycles. The van der Waals surface area contributed by atoms with Crippen molar-refractivity contribution >= 4 is 11.8 Å². The van der Waals surface area contributed by atoms with Gasteiger partial charge in [0, 0.05) is 11.3 Å². The topological polar surface area (TPSA) is 12.0 Å². The minimum atomic E-state index is 0.852. The van der Waals surface area contributed by atoms with Crippen LogP contribution in [0.1, 0.15) is 64.2 Å². The summed E-state index contributed by atoms with van der Waals surface area (Å²) >= 11 is 2.23. The zero-order valence-electron chi connectivity index (χ0n) is 10.5. The van der Waals surface area contributed by atoms with E-state index in [1.54, 1.807) is 0 Å². The van der Waals surface area contributed by atoms with E-state index in [1.807, 2.05) is 0 Å². The van der Waals surface area contributed by atoms with E-state index in [4.69, 9.17) is 0 Å². The highest BCUT2D eigenvalue weighted by atomic mass is 32.2. The van der Waals surface area contributed by atoms with Crippen LogP contribution in [-0.2, 0) is 0 Å². The van der Waals surface area contributed by atoms with Crippen molar-refractivity contribution in [2.45, 2.75) is 75.5 Å². The summed E-state index contributed by atoms with van der Waals surface area (Å²) in [5.74, 6) is 1.38. The van der Waals surface area contributed by atoms with E-state index in [-0.39, 0.29) is 0 Å². The van der Waals surface area contributed by atoms with Gasteiger partial charge < -0.3 is 5.32 Å². The Morgan fingerprint density at radius 2 is 1.56 bits per heavy atom. The third-order valence-corrected chi connectivity index (χ3v) is 5.48. The molecule has 1 N–H and O–H groups in total. The molecule has 0 aromatic heterocycles. The average molecular weight is 241 g/mol. The first-order valence-corrected chi connectivity index (χ1v) is 8.35. The Morgan fingerprint density at radius 3 is 2.31 bits per heavy atom. The quantitative estimate of drug-likeness (QED) is 0.706. The molecule has 0 aromatic rings. The van der Waals surface area contributed by atoms with Gasteiger partial charge in [-0.15, -0.1) is 0 Å². The van der Waals surface area contributed by atoms with E-state index < -0.39 is 0 Å². The van der Waals surface area contributed by atoms with Crippen molar-refractivity contribution in [3.05, 3.63) is 0 Å². The van der Waals surface area contributed by atoms with Crippen molar-refractivity contribution in [1.29, 1.82) is 0 Å². The summed E-state index contributed by atoms with van der Waals surface area (Å²) in [7, 11) is 0. The van der Waals surface area contributed by atoms with E-state index in [1.165, 1.54) is 76.5 Å². The van der Waals surface area contributed by atoms with Gasteiger partial charge in [0.2, 0.25) is 0 Å². The first-order valence-electron chi connectivity index (χ1n) is 7.30. The molecule has 0 spiro atoms. The molecule has 2 heteroatoms. The Morgan fingerprint density at radius 1 is 0.875 bits per heavy atom. The van der Waals surface area contributed by atoms with Crippen LogP contribution in [-0.4, -0.2) is 23.6 Å². The zero-order chi connectivity index (χ0) is 11.1. The SMILES string of the molecule is C1CCC(NCCCSC2CCCC2)CC1. The summed E-state index contributed by atoms with van der Waals surface area (Å²) < 4.78 is 0. The number of rotatable bonds is 6. The van der Waals surface area contributed by atoms with Crippen LogP contribution in [0.15, 0.2) is 0 Å². The van der Waals surface area contributed by atoms with Gasteiger partial charge in [0.1, 0.15) is 0 Å². The van der Waals surface area contributed by atoms with Gasteiger partial charge in [-0.05, 0) is 44.4 Å². The fourth-order valence-electron chi connectivity index (χ4n) is 2.99. The third-order valence-electron chi connectivity index (χ3n) is 4.02. The Kier molecular flexibility index (Phi) is 6.06. The molecule has 0 atom stereocenters. The van der Waals surface area contributed by atoms with Gasteiger partial charge in [0.15, 0.2) is 0 Å². The molecule has 16 heavy (non-hydrogen) atoms. The maximum absolute atomic E-state index is 3.73. The maximum Gasteiger partial charge on any atom is 0.00670 e. The molecule has 2 aliphatic carbocycles. The zero-order valence-corrected chi connectivity index (χ0v) is 11.4. The number of nitrogens with one attached hydrogen (secondary N) is 1. The van der Waals surface area contributed by atoms with E-state index in [0.717, 1.165) is 11.3 Å². The highest BCUT2D eigenvalue weighted by Gasteiger charge is 2.15. The highest BCUT2D eigenvalue weighted by molar-refractivity contribution is 7.99. The minimum absolute atomic E-state index is 0.852. The van der Waals surface area contributed by atoms with Gasteiger partial charge in [0.25, 0.3) is 0 Å². The van der Waals surface area contributed by atoms with Gasteiger partial charge >= 0.3 is 0 Å². The molecule has 2 fully saturated rings. The van der Waals surface area contributed by atoms with Gasteiger partial charge in [-0.25, -0.2) is 0 Å². The Hall–Kier alpha value is 0.310. The van der Waals surface area contributed by atoms with Crippen LogP contribution in [0.3, 0.4) is 0 Å². The van der Waals surface area contributed by atoms with Crippen molar-refractivity contribution in [3.63, 3.8) is 0 Å². The first kappa shape index (κ1) is 12.8. The number of hydrogen-bond acceptors (Lipinski definition) is 2. The predicted octanol–water partition coefficient (Wildman–Crippen LogP) is 3.97. The predicted molar refractivity (Wildman–Crippen MR) is 74.2 cm³/mol. The Labute approximate surface area is 105 Å². The van der Waals surface area contributed by atoms with E-state index >= 15 is 0 Å². The lowest BCUT2D eigenvalue weighted by Crippen LogP contribution is -2.31. The second-order valence-electron chi connectivity index (χ2n) is 5.42. The summed E-state index contributed by atoms with van der Waals surface area (Å²) in [4.78, 5) is 0. The molecule has 1 nitrogen and oxygen atoms in total. The van der Waals surface area contributed by atoms with Crippen LogP contribution in [0.2, 0.25) is 0 Å². The van der Waals surface area contributed by atoms with Crippen LogP contribution < -0.4 is 5.32 Å². The monoisotopic (exact) mass is 241 g/mol. The van der Waals surface area contributed by atoms with Gasteiger partial charge in [-0.2, -0.15) is 11.8 Å². The van der Waals surface area contributed by atoms with Crippen LogP contribution in [0.25, 0.3) is 0 Å². The Balaban J connectivity index is 1.42. The summed E-state index contributed by atoms with van der Waals surface area (Å²) in [5.41, 5.74) is 0. The van der Waals surface area contributed by atoms with Crippen LogP contribution in [0.4, 0.5) is 0 Å². The van der Waals surface area contributed by atoms with Crippen LogP contribution in [0.5, 0.6) is 0 Å². The molecule has 0 bridgehead atoms. The van der Waals surface area contributed by atoms with Gasteiger partial charge in [0.05, 0.1) is 0 Å². The fourth-order valence-corrected chi connectivity index (χ4v) is 4.30. The summed E-state index contributed by atoms with van der Waals surface area (Å²) in [6, 6.07) is 0.852. The largest absolute Gasteiger partial charge is 0.314 e. The molecule has 2 aliphatic rings. The lowest BCUT2D eigenvalue weighted by Gasteiger charge is -2.22. The molecule has 0 saturated heterocycles. The van der Waals surface area contributed by atoms with Crippen molar-refractivity contribution < 1.29 is 0 Å². The van der Waals surface area contributed by atoms with Crippen molar-refractivity contribution in [2.75, 3.05) is 12.3 Å². The standard InChI is InChI=1S/C14H27NS/c1-2-7-13(8-3-1)15-11-6-12-16-14-9-4-5-10-14/h13-15H,1-12H2. The second-order valence-corrected chi connectivity index (χ2v) is 6.83. The first-order chi connectivity index (χ1) is 7.95. The van der Waals surface area contributed by atoms with Crippen LogP contribution >= 0.6 is 11.8 Å². The number of thioether (sulfide) groups is 1. The number of hydrogen-bond donors (Lipinski definition) is 1. The molecular weight excluding hydrogens is 214 g/mol. The normalized spacial score (nSPS) is 24.0. The minimum Gasteiger partial charge on any atom is -0.314 e. The summed E-state index contributed by atoms with van der Waals surface area (Å²) in [6.45, 7) is 1.25. The lowest BCUT2D eigenvalue weighted by atomic mass is 9.95. The van der Waals surface area contributed by atoms with Crippen molar-refractivity contribution in [3.8, 4) is 0 Å². The third kappa shape index (κ3) is 4.67. The molecule has 0 amide bonds. The van der Waals surface area contributed by atoms with E-state index in [9.17, 15) is 0 Å². The molecule has 0 aliphatic heterocycles. The molecule has 0 radical (unpaired) electrons. The van der Waals surface area contributed by atoms with Crippen molar-refractivity contribution in [2.24, 2.45) is 0 Å². The molecule has 2 saturated carbocycles. The molecule has 2 rings (SSSR count). The molecule has 94 valence electrons. The van der Waals surface area contributed by atoms with E-state index in [2.05, 4.69) is 17.1 Å².